The van der Waals surface area contributed by atoms with E-state index in [-0.39, 0.29) is 27.9 Å². The van der Waals surface area contributed by atoms with Crippen molar-refractivity contribution in [2.45, 2.75) is 67.4 Å². The molecule has 0 radical (unpaired) electrons. The van der Waals surface area contributed by atoms with E-state index in [1.807, 2.05) is 0 Å². The normalized spacial score (nSPS) is 22.5. The topological polar surface area (TPSA) is 117 Å². The Morgan fingerprint density at radius 1 is 1.26 bits per heavy atom. The number of nitrogens with zero attached hydrogens (tertiary/aromatic N) is 2. The molecule has 1 aromatic rings. The van der Waals surface area contributed by atoms with Gasteiger partial charge in [-0.3, -0.25) is 9.69 Å². The van der Waals surface area contributed by atoms with Crippen LogP contribution in [0.1, 0.15) is 40.0 Å². The fourth-order valence-electron chi connectivity index (χ4n) is 3.42. The van der Waals surface area contributed by atoms with Gasteiger partial charge in [0, 0.05) is 6.54 Å². The van der Waals surface area contributed by atoms with E-state index in [4.69, 9.17) is 27.9 Å². The highest BCUT2D eigenvalue weighted by atomic mass is 35.5. The molecule has 1 saturated heterocycles. The fraction of sp³-hybridized carbons (Fsp3) is 0.550. The van der Waals surface area contributed by atoms with Crippen molar-refractivity contribution >= 4 is 45.0 Å². The molecule has 2 fully saturated rings. The van der Waals surface area contributed by atoms with Crippen molar-refractivity contribution in [3.05, 3.63) is 28.2 Å². The zero-order valence-corrected chi connectivity index (χ0v) is 19.6. The Morgan fingerprint density at radius 3 is 2.32 bits per heavy atom. The molecule has 0 spiro atoms. The van der Waals surface area contributed by atoms with Crippen molar-refractivity contribution in [2.75, 3.05) is 6.54 Å². The Labute approximate surface area is 191 Å². The number of nitrogens with one attached hydrogen (secondary N) is 1. The summed E-state index contributed by atoms with van der Waals surface area (Å²) in [6, 6.07) is 5.29. The molecule has 1 saturated carbocycles. The van der Waals surface area contributed by atoms with E-state index in [1.54, 1.807) is 20.8 Å². The van der Waals surface area contributed by atoms with Gasteiger partial charge < -0.3 is 10.1 Å². The summed E-state index contributed by atoms with van der Waals surface area (Å²) in [6.07, 6.45) is 0.0325. The van der Waals surface area contributed by atoms with Crippen LogP contribution in [0.15, 0.2) is 23.1 Å². The molecule has 1 N–H and O–H groups in total. The van der Waals surface area contributed by atoms with Crippen LogP contribution in [0.5, 0.6) is 0 Å². The van der Waals surface area contributed by atoms with Gasteiger partial charge in [0.15, 0.2) is 9.84 Å². The van der Waals surface area contributed by atoms with Crippen molar-refractivity contribution in [1.29, 1.82) is 5.26 Å². The van der Waals surface area contributed by atoms with E-state index in [0.29, 0.717) is 12.8 Å². The minimum Gasteiger partial charge on any atom is -0.444 e. The van der Waals surface area contributed by atoms with E-state index in [2.05, 4.69) is 11.4 Å². The van der Waals surface area contributed by atoms with Crippen LogP contribution in [0.4, 0.5) is 4.79 Å². The van der Waals surface area contributed by atoms with Gasteiger partial charge in [-0.1, -0.05) is 29.3 Å². The second-order valence-corrected chi connectivity index (χ2v) is 11.8. The first-order chi connectivity index (χ1) is 14.3. The monoisotopic (exact) mass is 487 g/mol. The summed E-state index contributed by atoms with van der Waals surface area (Å²) in [5.41, 5.74) is -1.80. The third-order valence-electron chi connectivity index (χ3n) is 5.16. The molecule has 2 aliphatic rings. The molecular weight excluding hydrogens is 465 g/mol. The van der Waals surface area contributed by atoms with Crippen molar-refractivity contribution < 1.29 is 22.7 Å². The lowest BCUT2D eigenvalue weighted by atomic mass is 10.2. The summed E-state index contributed by atoms with van der Waals surface area (Å²) >= 11 is 12.2. The second-order valence-electron chi connectivity index (χ2n) is 8.79. The number of hydrogen-bond donors (Lipinski definition) is 1. The number of sulfone groups is 1. The number of carbonyl (C=O) groups is 2. The van der Waals surface area contributed by atoms with Gasteiger partial charge in [0.2, 0.25) is 5.91 Å². The van der Waals surface area contributed by atoms with E-state index in [0.717, 1.165) is 4.90 Å². The molecule has 0 aromatic heterocycles. The van der Waals surface area contributed by atoms with Crippen LogP contribution in [0, 0.1) is 11.3 Å². The quantitative estimate of drug-likeness (QED) is 0.695. The van der Waals surface area contributed by atoms with Crippen LogP contribution in [-0.2, 0) is 19.4 Å². The average Bonchev–Trinajstić information content (AvgIpc) is 3.25. The van der Waals surface area contributed by atoms with Crippen molar-refractivity contribution in [3.8, 4) is 6.07 Å². The summed E-state index contributed by atoms with van der Waals surface area (Å²) < 4.78 is 32.0. The van der Waals surface area contributed by atoms with Crippen LogP contribution in [0.2, 0.25) is 10.0 Å². The van der Waals surface area contributed by atoms with Crippen LogP contribution < -0.4 is 5.32 Å². The first kappa shape index (κ1) is 23.6. The standard InChI is InChI=1S/C20H23Cl2N3O5S/c1-19(2,3)30-18(27)25-10-12(9-15(25)17(26)24-20(11-23)7-8-20)31(28,29)16-13(21)5-4-6-14(16)22/h4-6,12,15H,7-10H2,1-3H3,(H,24,26)/t12-,15+/m1/s1. The maximum Gasteiger partial charge on any atom is 0.411 e. The lowest BCUT2D eigenvalue weighted by molar-refractivity contribution is -0.126. The van der Waals surface area contributed by atoms with Crippen LogP contribution >= 0.6 is 23.2 Å². The molecule has 8 nitrogen and oxygen atoms in total. The summed E-state index contributed by atoms with van der Waals surface area (Å²) in [6.45, 7) is 4.74. The molecule has 11 heteroatoms. The molecular formula is C20H23Cl2N3O5S. The van der Waals surface area contributed by atoms with Crippen molar-refractivity contribution in [2.24, 2.45) is 0 Å². The lowest BCUT2D eigenvalue weighted by Gasteiger charge is -2.28. The molecule has 168 valence electrons. The van der Waals surface area contributed by atoms with Gasteiger partial charge in [0.05, 0.1) is 21.4 Å². The Hall–Kier alpha value is -2.02. The Balaban J connectivity index is 1.93. The van der Waals surface area contributed by atoms with Crippen LogP contribution in [-0.4, -0.2) is 54.3 Å². The second kappa shape index (κ2) is 8.15. The number of nitriles is 1. The maximum atomic E-state index is 13.3. The molecule has 1 aliphatic heterocycles. The van der Waals surface area contributed by atoms with Gasteiger partial charge in [0.1, 0.15) is 22.1 Å². The third kappa shape index (κ3) is 4.92. The van der Waals surface area contributed by atoms with E-state index in [1.165, 1.54) is 18.2 Å². The van der Waals surface area contributed by atoms with Crippen LogP contribution in [0.3, 0.4) is 0 Å². The molecule has 0 bridgehead atoms. The molecule has 2 amide bonds. The highest BCUT2D eigenvalue weighted by molar-refractivity contribution is 7.92. The molecule has 0 unspecified atom stereocenters. The van der Waals surface area contributed by atoms with Crippen LogP contribution in [0.25, 0.3) is 0 Å². The number of ether oxygens (including phenoxy) is 1. The van der Waals surface area contributed by atoms with Gasteiger partial charge in [-0.15, -0.1) is 0 Å². The number of hydrogen-bond acceptors (Lipinski definition) is 6. The first-order valence-corrected chi connectivity index (χ1v) is 12.0. The van der Waals surface area contributed by atoms with Gasteiger partial charge in [-0.25, -0.2) is 13.2 Å². The minimum atomic E-state index is -4.07. The highest BCUT2D eigenvalue weighted by Gasteiger charge is 2.51. The molecule has 3 rings (SSSR count). The zero-order chi connectivity index (χ0) is 23.2. The number of likely N-dealkylation sites (tertiary alicyclic amines) is 1. The summed E-state index contributed by atoms with van der Waals surface area (Å²) in [7, 11) is -4.07. The first-order valence-electron chi connectivity index (χ1n) is 9.70. The smallest absolute Gasteiger partial charge is 0.411 e. The molecule has 2 atom stereocenters. The number of rotatable bonds is 4. The molecule has 1 aromatic carbocycles. The number of amides is 2. The number of halogens is 2. The number of carbonyl (C=O) groups excluding carboxylic acids is 2. The average molecular weight is 488 g/mol. The van der Waals surface area contributed by atoms with Gasteiger partial charge in [-0.05, 0) is 52.2 Å². The predicted molar refractivity (Wildman–Crippen MR) is 115 cm³/mol. The van der Waals surface area contributed by atoms with E-state index >= 15 is 0 Å². The fourth-order valence-corrected chi connectivity index (χ4v) is 6.27. The minimum absolute atomic E-state index is 0.0365. The Morgan fingerprint density at radius 2 is 1.84 bits per heavy atom. The molecule has 1 aliphatic carbocycles. The van der Waals surface area contributed by atoms with Crippen molar-refractivity contribution in [3.63, 3.8) is 0 Å². The predicted octanol–water partition coefficient (Wildman–Crippen LogP) is 3.32. The summed E-state index contributed by atoms with van der Waals surface area (Å²) in [5.74, 6) is -0.590. The molecule has 31 heavy (non-hydrogen) atoms. The van der Waals surface area contributed by atoms with Gasteiger partial charge in [0.25, 0.3) is 0 Å². The highest BCUT2D eigenvalue weighted by Crippen LogP contribution is 2.38. The zero-order valence-electron chi connectivity index (χ0n) is 17.3. The SMILES string of the molecule is CC(C)(C)OC(=O)N1C[C@H](S(=O)(=O)c2c(Cl)cccc2Cl)C[C@H]1C(=O)NC1(C#N)CC1. The maximum absolute atomic E-state index is 13.3. The lowest BCUT2D eigenvalue weighted by Crippen LogP contribution is -2.50. The summed E-state index contributed by atoms with van der Waals surface area (Å²) in [4.78, 5) is 26.6. The van der Waals surface area contributed by atoms with Gasteiger partial charge >= 0.3 is 6.09 Å². The van der Waals surface area contributed by atoms with Gasteiger partial charge in [-0.2, -0.15) is 5.26 Å². The Kier molecular flexibility index (Phi) is 6.22. The summed E-state index contributed by atoms with van der Waals surface area (Å²) in [5, 5.41) is 10.7. The van der Waals surface area contributed by atoms with E-state index in [9.17, 15) is 23.3 Å². The van der Waals surface area contributed by atoms with Crippen molar-refractivity contribution in [1.82, 2.24) is 10.2 Å². The number of benzene rings is 1. The Bertz CT molecular complexity index is 1040. The molecule has 1 heterocycles. The third-order valence-corrected chi connectivity index (χ3v) is 8.24. The van der Waals surface area contributed by atoms with E-state index < -0.39 is 44.3 Å². The largest absolute Gasteiger partial charge is 0.444 e.